The summed E-state index contributed by atoms with van der Waals surface area (Å²) in [7, 11) is 0. The van der Waals surface area contributed by atoms with Crippen LogP contribution in [0, 0.1) is 6.92 Å². The lowest BCUT2D eigenvalue weighted by Gasteiger charge is -2.37. The zero-order chi connectivity index (χ0) is 16.9. The number of aryl methyl sites for hydroxylation is 1. The number of likely N-dealkylation sites (tertiary alicyclic amines) is 1. The normalized spacial score (nSPS) is 18.8. The van der Waals surface area contributed by atoms with Crippen LogP contribution in [-0.4, -0.2) is 35.7 Å². The molecule has 1 unspecified atom stereocenters. The zero-order valence-corrected chi connectivity index (χ0v) is 14.9. The predicted octanol–water partition coefficient (Wildman–Crippen LogP) is 3.87. The fourth-order valence-corrected chi connectivity index (χ4v) is 2.98. The maximum Gasteiger partial charge on any atom is 0.410 e. The van der Waals surface area contributed by atoms with Crippen LogP contribution in [0.25, 0.3) is 0 Å². The minimum Gasteiger partial charge on any atom is -0.444 e. The number of carbonyl (C=O) groups is 1. The van der Waals surface area contributed by atoms with Crippen LogP contribution in [0.15, 0.2) is 24.3 Å². The molecular weight excluding hydrogens is 288 g/mol. The fourth-order valence-electron chi connectivity index (χ4n) is 2.98. The molecule has 1 heterocycles. The Kier molecular flexibility index (Phi) is 6.05. The lowest BCUT2D eigenvalue weighted by molar-refractivity contribution is 0.00993. The Bertz CT molecular complexity index is 522. The summed E-state index contributed by atoms with van der Waals surface area (Å²) in [6.45, 7) is 10.3. The van der Waals surface area contributed by atoms with Crippen molar-refractivity contribution in [3.63, 3.8) is 0 Å². The summed E-state index contributed by atoms with van der Waals surface area (Å²) in [4.78, 5) is 14.3. The molecule has 4 nitrogen and oxygen atoms in total. The van der Waals surface area contributed by atoms with Crippen LogP contribution in [0.3, 0.4) is 0 Å². The molecule has 128 valence electrons. The Morgan fingerprint density at radius 1 is 1.35 bits per heavy atom. The fraction of sp³-hybridized carbons (Fsp3) is 0.632. The molecule has 1 aromatic carbocycles. The van der Waals surface area contributed by atoms with Crippen LogP contribution in [0.5, 0.6) is 0 Å². The molecular formula is C19H30N2O2. The smallest absolute Gasteiger partial charge is 0.410 e. The predicted molar refractivity (Wildman–Crippen MR) is 93.5 cm³/mol. The molecule has 1 amide bonds. The van der Waals surface area contributed by atoms with Crippen LogP contribution in [-0.2, 0) is 11.3 Å². The van der Waals surface area contributed by atoms with Gasteiger partial charge >= 0.3 is 6.09 Å². The average Bonchev–Trinajstić information content (AvgIpc) is 2.46. The van der Waals surface area contributed by atoms with Crippen LogP contribution in [0.2, 0.25) is 0 Å². The molecule has 0 spiro atoms. The van der Waals surface area contributed by atoms with Gasteiger partial charge in [-0.3, -0.25) is 0 Å². The average molecular weight is 318 g/mol. The Hall–Kier alpha value is -1.55. The third-order valence-corrected chi connectivity index (χ3v) is 4.05. The van der Waals surface area contributed by atoms with Gasteiger partial charge in [-0.2, -0.15) is 0 Å². The van der Waals surface area contributed by atoms with E-state index in [1.165, 1.54) is 17.5 Å². The second-order valence-corrected chi connectivity index (χ2v) is 7.44. The Balaban J connectivity index is 1.87. The van der Waals surface area contributed by atoms with Crippen LogP contribution in [0.4, 0.5) is 4.79 Å². The number of nitrogens with zero attached hydrogens (tertiary/aromatic N) is 1. The standard InChI is InChI=1S/C19H30N2O2/c1-15-8-7-9-16(12-15)13-20-14-17-10-5-6-11-21(17)18(22)23-19(2,3)4/h7-9,12,17,20H,5-6,10-11,13-14H2,1-4H3. The highest BCUT2D eigenvalue weighted by atomic mass is 16.6. The second-order valence-electron chi connectivity index (χ2n) is 7.44. The number of amides is 1. The van der Waals surface area contributed by atoms with Crippen LogP contribution >= 0.6 is 0 Å². The summed E-state index contributed by atoms with van der Waals surface area (Å²) in [5.41, 5.74) is 2.12. The van der Waals surface area contributed by atoms with Crippen LogP contribution in [0.1, 0.15) is 51.2 Å². The molecule has 0 bridgehead atoms. The van der Waals surface area contributed by atoms with E-state index in [0.29, 0.717) is 0 Å². The van der Waals surface area contributed by atoms with Gasteiger partial charge in [0.15, 0.2) is 0 Å². The first kappa shape index (κ1) is 17.8. The number of nitrogens with one attached hydrogen (secondary N) is 1. The van der Waals surface area contributed by atoms with E-state index in [1.54, 1.807) is 0 Å². The molecule has 2 rings (SSSR count). The van der Waals surface area contributed by atoms with Gasteiger partial charge in [0.25, 0.3) is 0 Å². The van der Waals surface area contributed by atoms with Crippen molar-refractivity contribution in [2.75, 3.05) is 13.1 Å². The van der Waals surface area contributed by atoms with E-state index in [2.05, 4.69) is 36.5 Å². The van der Waals surface area contributed by atoms with Crippen molar-refractivity contribution >= 4 is 6.09 Å². The van der Waals surface area contributed by atoms with E-state index in [4.69, 9.17) is 4.74 Å². The van der Waals surface area contributed by atoms with Crippen molar-refractivity contribution in [1.29, 1.82) is 0 Å². The van der Waals surface area contributed by atoms with E-state index in [0.717, 1.165) is 32.5 Å². The molecule has 0 aliphatic carbocycles. The van der Waals surface area contributed by atoms with Gasteiger partial charge in [0.2, 0.25) is 0 Å². The maximum atomic E-state index is 12.4. The first-order valence-electron chi connectivity index (χ1n) is 8.61. The van der Waals surface area contributed by atoms with Gasteiger partial charge in [0.1, 0.15) is 5.60 Å². The largest absolute Gasteiger partial charge is 0.444 e. The zero-order valence-electron chi connectivity index (χ0n) is 14.9. The molecule has 1 aliphatic rings. The minimum atomic E-state index is -0.436. The van der Waals surface area contributed by atoms with E-state index >= 15 is 0 Å². The van der Waals surface area contributed by atoms with Gasteiger partial charge in [-0.1, -0.05) is 29.8 Å². The molecule has 0 aromatic heterocycles. The monoisotopic (exact) mass is 318 g/mol. The highest BCUT2D eigenvalue weighted by Gasteiger charge is 2.30. The van der Waals surface area contributed by atoms with Gasteiger partial charge in [0, 0.05) is 25.7 Å². The lowest BCUT2D eigenvalue weighted by atomic mass is 10.0. The van der Waals surface area contributed by atoms with Gasteiger partial charge in [-0.05, 0) is 52.5 Å². The van der Waals surface area contributed by atoms with E-state index in [1.807, 2.05) is 25.7 Å². The van der Waals surface area contributed by atoms with Crippen molar-refractivity contribution in [3.8, 4) is 0 Å². The number of ether oxygens (including phenoxy) is 1. The van der Waals surface area contributed by atoms with Crippen molar-refractivity contribution in [2.24, 2.45) is 0 Å². The third kappa shape index (κ3) is 5.87. The summed E-state index contributed by atoms with van der Waals surface area (Å²) >= 11 is 0. The van der Waals surface area contributed by atoms with Gasteiger partial charge < -0.3 is 15.0 Å². The van der Waals surface area contributed by atoms with Gasteiger partial charge in [-0.15, -0.1) is 0 Å². The summed E-state index contributed by atoms with van der Waals surface area (Å²) in [5.74, 6) is 0. The van der Waals surface area contributed by atoms with Crippen LogP contribution < -0.4 is 5.32 Å². The number of rotatable bonds is 4. The lowest BCUT2D eigenvalue weighted by Crippen LogP contribution is -2.50. The van der Waals surface area contributed by atoms with Crippen molar-refractivity contribution in [2.45, 2.75) is 65.1 Å². The molecule has 1 aromatic rings. The number of carbonyl (C=O) groups excluding carboxylic acids is 1. The molecule has 1 atom stereocenters. The first-order chi connectivity index (χ1) is 10.8. The Labute approximate surface area is 140 Å². The highest BCUT2D eigenvalue weighted by molar-refractivity contribution is 5.68. The first-order valence-corrected chi connectivity index (χ1v) is 8.61. The van der Waals surface area contributed by atoms with Crippen molar-refractivity contribution in [3.05, 3.63) is 35.4 Å². The second kappa shape index (κ2) is 7.82. The summed E-state index contributed by atoms with van der Waals surface area (Å²) < 4.78 is 5.55. The number of hydrogen-bond acceptors (Lipinski definition) is 3. The van der Waals surface area contributed by atoms with Gasteiger partial charge in [-0.25, -0.2) is 4.79 Å². The third-order valence-electron chi connectivity index (χ3n) is 4.05. The highest BCUT2D eigenvalue weighted by Crippen LogP contribution is 2.20. The maximum absolute atomic E-state index is 12.4. The molecule has 1 aliphatic heterocycles. The number of hydrogen-bond donors (Lipinski definition) is 1. The van der Waals surface area contributed by atoms with E-state index < -0.39 is 5.60 Å². The molecule has 23 heavy (non-hydrogen) atoms. The molecule has 4 heteroatoms. The van der Waals surface area contributed by atoms with Crippen molar-refractivity contribution in [1.82, 2.24) is 10.2 Å². The molecule has 1 saturated heterocycles. The summed E-state index contributed by atoms with van der Waals surface area (Å²) in [6.07, 6.45) is 3.10. The number of piperidine rings is 1. The molecule has 0 saturated carbocycles. The molecule has 1 N–H and O–H groups in total. The van der Waals surface area contributed by atoms with E-state index in [-0.39, 0.29) is 12.1 Å². The quantitative estimate of drug-likeness (QED) is 0.916. The molecule has 1 fully saturated rings. The minimum absolute atomic E-state index is 0.181. The Morgan fingerprint density at radius 3 is 2.83 bits per heavy atom. The van der Waals surface area contributed by atoms with Gasteiger partial charge in [0.05, 0.1) is 0 Å². The topological polar surface area (TPSA) is 41.6 Å². The Morgan fingerprint density at radius 2 is 2.13 bits per heavy atom. The molecule has 0 radical (unpaired) electrons. The summed E-state index contributed by atoms with van der Waals surface area (Å²) in [6, 6.07) is 8.74. The number of benzene rings is 1. The van der Waals surface area contributed by atoms with E-state index in [9.17, 15) is 4.79 Å². The van der Waals surface area contributed by atoms with Crippen molar-refractivity contribution < 1.29 is 9.53 Å². The summed E-state index contributed by atoms with van der Waals surface area (Å²) in [5, 5.41) is 3.50. The SMILES string of the molecule is Cc1cccc(CNCC2CCCCN2C(=O)OC(C)(C)C)c1.